The van der Waals surface area contributed by atoms with E-state index < -0.39 is 4.92 Å². The zero-order chi connectivity index (χ0) is 20.4. The number of nitrogens with one attached hydrogen (secondary N) is 1. The number of rotatable bonds is 5. The topological polar surface area (TPSA) is 90.7 Å². The fourth-order valence-electron chi connectivity index (χ4n) is 3.37. The maximum Gasteiger partial charge on any atom is 0.280 e. The summed E-state index contributed by atoms with van der Waals surface area (Å²) < 4.78 is 10.4. The average molecular weight is 390 g/mol. The van der Waals surface area contributed by atoms with Crippen LogP contribution in [0.1, 0.15) is 24.1 Å². The molecule has 0 radical (unpaired) electrons. The average Bonchev–Trinajstić information content (AvgIpc) is 3.18. The first-order valence-corrected chi connectivity index (χ1v) is 9.07. The van der Waals surface area contributed by atoms with Crippen molar-refractivity contribution in [2.24, 2.45) is 0 Å². The smallest absolute Gasteiger partial charge is 0.280 e. The molecule has 0 saturated carbocycles. The van der Waals surface area contributed by atoms with Crippen molar-refractivity contribution < 1.29 is 19.2 Å². The van der Waals surface area contributed by atoms with Crippen LogP contribution in [-0.4, -0.2) is 17.6 Å². The van der Waals surface area contributed by atoms with Crippen molar-refractivity contribution in [3.63, 3.8) is 0 Å². The van der Waals surface area contributed by atoms with Gasteiger partial charge < -0.3 is 14.8 Å². The third kappa shape index (κ3) is 3.75. The van der Waals surface area contributed by atoms with Gasteiger partial charge in [-0.2, -0.15) is 0 Å². The van der Waals surface area contributed by atoms with Crippen molar-refractivity contribution >= 4 is 28.4 Å². The molecule has 0 bridgehead atoms. The number of nitrogens with zero attached hydrogens (tertiary/aromatic N) is 1. The van der Waals surface area contributed by atoms with E-state index in [1.165, 1.54) is 24.3 Å². The van der Waals surface area contributed by atoms with Gasteiger partial charge in [0.15, 0.2) is 11.5 Å². The molecule has 7 nitrogen and oxygen atoms in total. The van der Waals surface area contributed by atoms with Crippen LogP contribution in [0, 0.1) is 10.1 Å². The Morgan fingerprint density at radius 1 is 1.14 bits per heavy atom. The van der Waals surface area contributed by atoms with Crippen molar-refractivity contribution in [2.75, 3.05) is 6.79 Å². The number of carbonyl (C=O) groups is 1. The molecule has 0 aliphatic carbocycles. The van der Waals surface area contributed by atoms with Gasteiger partial charge in [-0.25, -0.2) is 0 Å². The van der Waals surface area contributed by atoms with Crippen molar-refractivity contribution in [3.8, 4) is 11.5 Å². The Hall–Kier alpha value is -3.87. The second-order valence-corrected chi connectivity index (χ2v) is 6.65. The first-order valence-electron chi connectivity index (χ1n) is 9.07. The van der Waals surface area contributed by atoms with Crippen LogP contribution in [0.3, 0.4) is 0 Å². The van der Waals surface area contributed by atoms with Crippen LogP contribution in [0.4, 0.5) is 5.69 Å². The van der Waals surface area contributed by atoms with Crippen LogP contribution in [-0.2, 0) is 4.79 Å². The van der Waals surface area contributed by atoms with E-state index in [1.54, 1.807) is 0 Å². The molecule has 1 atom stereocenters. The number of hydrogen-bond donors (Lipinski definition) is 1. The molecule has 0 aromatic heterocycles. The molecule has 1 aliphatic heterocycles. The lowest BCUT2D eigenvalue weighted by atomic mass is 10.00. The third-order valence-electron chi connectivity index (χ3n) is 4.78. The summed E-state index contributed by atoms with van der Waals surface area (Å²) in [7, 11) is 0. The van der Waals surface area contributed by atoms with Gasteiger partial charge in [-0.15, -0.1) is 0 Å². The first-order chi connectivity index (χ1) is 14.0. The number of hydrogen-bond acceptors (Lipinski definition) is 5. The number of amides is 1. The van der Waals surface area contributed by atoms with E-state index >= 15 is 0 Å². The fraction of sp³-hybridized carbons (Fsp3) is 0.136. The highest BCUT2D eigenvalue weighted by atomic mass is 16.7. The quantitative estimate of drug-likeness (QED) is 0.397. The minimum Gasteiger partial charge on any atom is -0.454 e. The molecule has 1 amide bonds. The summed E-state index contributed by atoms with van der Waals surface area (Å²) in [5.74, 6) is 0.389. The SMILES string of the molecule is C[C@@H](NC(=O)/C=C\c1cc2c(cc1[N+](=O)[O-])OCO2)c1cccc2ccccc12. The summed E-state index contributed by atoms with van der Waals surface area (Å²) in [5.41, 5.74) is 1.12. The first kappa shape index (κ1) is 18.5. The van der Waals surface area contributed by atoms with E-state index in [-0.39, 0.29) is 30.0 Å². The standard InChI is InChI=1S/C22H18N2O5/c1-14(17-8-4-6-15-5-2-3-7-18(15)17)23-22(25)10-9-16-11-20-21(29-13-28-20)12-19(16)24(26)27/h2-12,14H,13H2,1H3,(H,23,25)/b10-9-/t14-/m1/s1. The molecule has 146 valence electrons. The Morgan fingerprint density at radius 2 is 1.86 bits per heavy atom. The van der Waals surface area contributed by atoms with Gasteiger partial charge in [0.05, 0.1) is 22.6 Å². The normalized spacial score (nSPS) is 13.6. The molecule has 4 rings (SSSR count). The minimum absolute atomic E-state index is 0.0166. The zero-order valence-electron chi connectivity index (χ0n) is 15.6. The van der Waals surface area contributed by atoms with Gasteiger partial charge in [-0.1, -0.05) is 42.5 Å². The highest BCUT2D eigenvalue weighted by molar-refractivity contribution is 5.93. The lowest BCUT2D eigenvalue weighted by Crippen LogP contribution is -2.24. The van der Waals surface area contributed by atoms with Gasteiger partial charge in [0, 0.05) is 6.08 Å². The lowest BCUT2D eigenvalue weighted by molar-refractivity contribution is -0.385. The van der Waals surface area contributed by atoms with Crippen LogP contribution in [0.5, 0.6) is 11.5 Å². The van der Waals surface area contributed by atoms with E-state index in [0.29, 0.717) is 11.5 Å². The summed E-state index contributed by atoms with van der Waals surface area (Å²) in [4.78, 5) is 23.2. The molecule has 7 heteroatoms. The van der Waals surface area contributed by atoms with Crippen LogP contribution in [0.15, 0.2) is 60.7 Å². The van der Waals surface area contributed by atoms with Crippen molar-refractivity contribution in [1.29, 1.82) is 0 Å². The van der Waals surface area contributed by atoms with Gasteiger partial charge in [0.2, 0.25) is 12.7 Å². The number of fused-ring (bicyclic) bond motifs is 2. The predicted octanol–water partition coefficient (Wildman–Crippen LogP) is 4.37. The van der Waals surface area contributed by atoms with E-state index in [0.717, 1.165) is 16.3 Å². The molecule has 3 aromatic carbocycles. The van der Waals surface area contributed by atoms with Crippen molar-refractivity contribution in [3.05, 3.63) is 81.9 Å². The summed E-state index contributed by atoms with van der Waals surface area (Å²) >= 11 is 0. The molecule has 1 N–H and O–H groups in total. The Balaban J connectivity index is 1.54. The summed E-state index contributed by atoms with van der Waals surface area (Å²) in [6.07, 6.45) is 2.69. The van der Waals surface area contributed by atoms with E-state index in [9.17, 15) is 14.9 Å². The Labute approximate surface area is 166 Å². The Bertz CT molecular complexity index is 1130. The number of nitro benzene ring substituents is 1. The van der Waals surface area contributed by atoms with Gasteiger partial charge in [0.25, 0.3) is 5.69 Å². The summed E-state index contributed by atoms with van der Waals surface area (Å²) in [6.45, 7) is 1.92. The zero-order valence-corrected chi connectivity index (χ0v) is 15.6. The molecular formula is C22H18N2O5. The van der Waals surface area contributed by atoms with E-state index in [4.69, 9.17) is 9.47 Å². The number of benzene rings is 3. The van der Waals surface area contributed by atoms with Crippen molar-refractivity contribution in [2.45, 2.75) is 13.0 Å². The molecule has 29 heavy (non-hydrogen) atoms. The number of nitro groups is 1. The fourth-order valence-corrected chi connectivity index (χ4v) is 3.37. The molecule has 0 spiro atoms. The van der Waals surface area contributed by atoms with Gasteiger partial charge >= 0.3 is 0 Å². The van der Waals surface area contributed by atoms with Crippen LogP contribution >= 0.6 is 0 Å². The van der Waals surface area contributed by atoms with Crippen LogP contribution in [0.2, 0.25) is 0 Å². The Morgan fingerprint density at radius 3 is 2.66 bits per heavy atom. The highest BCUT2D eigenvalue weighted by Gasteiger charge is 2.22. The molecule has 1 aliphatic rings. The number of carbonyl (C=O) groups excluding carboxylic acids is 1. The molecule has 0 unspecified atom stereocenters. The molecule has 1 heterocycles. The maximum absolute atomic E-state index is 12.4. The summed E-state index contributed by atoms with van der Waals surface area (Å²) in [6, 6.07) is 16.5. The molecule has 0 saturated heterocycles. The van der Waals surface area contributed by atoms with Gasteiger partial charge in [-0.3, -0.25) is 14.9 Å². The summed E-state index contributed by atoms with van der Waals surface area (Å²) in [5, 5.41) is 16.4. The predicted molar refractivity (Wildman–Crippen MR) is 109 cm³/mol. The second kappa shape index (κ2) is 7.63. The Kier molecular flexibility index (Phi) is 4.87. The van der Waals surface area contributed by atoms with E-state index in [2.05, 4.69) is 5.32 Å². The van der Waals surface area contributed by atoms with Crippen molar-refractivity contribution in [1.82, 2.24) is 5.32 Å². The lowest BCUT2D eigenvalue weighted by Gasteiger charge is -2.15. The minimum atomic E-state index is -0.516. The molecule has 3 aromatic rings. The molecular weight excluding hydrogens is 372 g/mol. The van der Waals surface area contributed by atoms with E-state index in [1.807, 2.05) is 49.4 Å². The maximum atomic E-state index is 12.4. The molecule has 0 fully saturated rings. The largest absolute Gasteiger partial charge is 0.454 e. The van der Waals surface area contributed by atoms with Crippen LogP contribution < -0.4 is 14.8 Å². The van der Waals surface area contributed by atoms with Gasteiger partial charge in [-0.05, 0) is 35.4 Å². The monoisotopic (exact) mass is 390 g/mol. The second-order valence-electron chi connectivity index (χ2n) is 6.65. The number of ether oxygens (including phenoxy) is 2. The third-order valence-corrected chi connectivity index (χ3v) is 4.78. The van der Waals surface area contributed by atoms with Crippen LogP contribution in [0.25, 0.3) is 16.8 Å². The highest BCUT2D eigenvalue weighted by Crippen LogP contribution is 2.38. The van der Waals surface area contributed by atoms with Gasteiger partial charge in [0.1, 0.15) is 0 Å².